The molecule has 0 bridgehead atoms. The maximum atomic E-state index is 11.7. The van der Waals surface area contributed by atoms with Crippen molar-refractivity contribution in [1.82, 2.24) is 0 Å². The summed E-state index contributed by atoms with van der Waals surface area (Å²) < 4.78 is 5.15. The number of unbranched alkanes of at least 4 members (excludes halogenated alkanes) is 1. The second-order valence-corrected chi connectivity index (χ2v) is 4.73. The molecule has 0 saturated carbocycles. The van der Waals surface area contributed by atoms with E-state index in [1.165, 1.54) is 0 Å². The molecule has 3 nitrogen and oxygen atoms in total. The highest BCUT2D eigenvalue weighted by molar-refractivity contribution is 6.33. The second-order valence-electron chi connectivity index (χ2n) is 4.32. The van der Waals surface area contributed by atoms with Crippen LogP contribution in [-0.4, -0.2) is 18.6 Å². The topological polar surface area (TPSA) is 38.3 Å². The lowest BCUT2D eigenvalue weighted by atomic mass is 10.2. The Bertz CT molecular complexity index is 387. The predicted molar refractivity (Wildman–Crippen MR) is 75.1 cm³/mol. The van der Waals surface area contributed by atoms with E-state index in [0.717, 1.165) is 24.1 Å². The number of para-hydroxylation sites is 1. The van der Waals surface area contributed by atoms with Crippen LogP contribution in [0, 0.1) is 6.92 Å². The molecule has 0 aliphatic carbocycles. The molecule has 18 heavy (non-hydrogen) atoms. The molecule has 1 atom stereocenters. The van der Waals surface area contributed by atoms with Gasteiger partial charge in [-0.15, -0.1) is 0 Å². The summed E-state index contributed by atoms with van der Waals surface area (Å²) in [5, 5.41) is 3.71. The molecule has 0 aliphatic heterocycles. The van der Waals surface area contributed by atoms with Gasteiger partial charge in [0.2, 0.25) is 0 Å². The van der Waals surface area contributed by atoms with Crippen LogP contribution in [0.3, 0.4) is 0 Å². The molecule has 0 amide bonds. The van der Waals surface area contributed by atoms with Gasteiger partial charge in [-0.1, -0.05) is 37.1 Å². The summed E-state index contributed by atoms with van der Waals surface area (Å²) >= 11 is 6.09. The molecule has 0 spiro atoms. The van der Waals surface area contributed by atoms with Crippen molar-refractivity contribution in [3.05, 3.63) is 28.8 Å². The number of hydrogen-bond donors (Lipinski definition) is 1. The average molecular weight is 270 g/mol. The first-order chi connectivity index (χ1) is 8.56. The third-order valence-corrected chi connectivity index (χ3v) is 2.99. The van der Waals surface area contributed by atoms with Gasteiger partial charge in [-0.3, -0.25) is 0 Å². The number of esters is 1. The van der Waals surface area contributed by atoms with E-state index in [2.05, 4.69) is 12.2 Å². The zero-order chi connectivity index (χ0) is 13.5. The normalized spacial score (nSPS) is 12.0. The minimum atomic E-state index is -0.402. The second kappa shape index (κ2) is 7.27. The fourth-order valence-electron chi connectivity index (χ4n) is 1.53. The predicted octanol–water partition coefficient (Wildman–Crippen LogP) is 3.79. The number of ether oxygens (including phenoxy) is 1. The molecule has 1 unspecified atom stereocenters. The zero-order valence-corrected chi connectivity index (χ0v) is 11.9. The molecule has 0 heterocycles. The average Bonchev–Trinajstić information content (AvgIpc) is 2.34. The summed E-state index contributed by atoms with van der Waals surface area (Å²) in [6, 6.07) is 5.23. The Kier molecular flexibility index (Phi) is 5.99. The Morgan fingerprint density at radius 3 is 2.83 bits per heavy atom. The van der Waals surface area contributed by atoms with E-state index in [9.17, 15) is 4.79 Å². The monoisotopic (exact) mass is 269 g/mol. The van der Waals surface area contributed by atoms with E-state index in [1.54, 1.807) is 13.0 Å². The molecule has 0 aliphatic rings. The maximum Gasteiger partial charge on any atom is 0.328 e. The molecular formula is C14H20ClNO2. The Morgan fingerprint density at radius 1 is 1.50 bits per heavy atom. The number of aryl methyl sites for hydroxylation is 1. The van der Waals surface area contributed by atoms with Gasteiger partial charge in [0.15, 0.2) is 0 Å². The number of carbonyl (C=O) groups is 1. The maximum absolute atomic E-state index is 11.7. The summed E-state index contributed by atoms with van der Waals surface area (Å²) in [6.45, 7) is 6.26. The van der Waals surface area contributed by atoms with E-state index in [0.29, 0.717) is 11.6 Å². The highest BCUT2D eigenvalue weighted by atomic mass is 35.5. The third kappa shape index (κ3) is 4.22. The molecule has 1 rings (SSSR count). The van der Waals surface area contributed by atoms with E-state index in [1.807, 2.05) is 19.1 Å². The van der Waals surface area contributed by atoms with Crippen LogP contribution < -0.4 is 5.32 Å². The number of halogens is 1. The van der Waals surface area contributed by atoms with Gasteiger partial charge in [0.1, 0.15) is 6.04 Å². The van der Waals surface area contributed by atoms with Crippen LogP contribution in [0.2, 0.25) is 5.02 Å². The summed E-state index contributed by atoms with van der Waals surface area (Å²) in [4.78, 5) is 11.7. The van der Waals surface area contributed by atoms with Gasteiger partial charge in [0, 0.05) is 0 Å². The van der Waals surface area contributed by atoms with Crippen molar-refractivity contribution in [2.45, 2.75) is 39.7 Å². The van der Waals surface area contributed by atoms with Gasteiger partial charge in [-0.2, -0.15) is 0 Å². The summed E-state index contributed by atoms with van der Waals surface area (Å²) in [7, 11) is 0. The Hall–Kier alpha value is -1.22. The summed E-state index contributed by atoms with van der Waals surface area (Å²) in [6.07, 6.45) is 1.91. The van der Waals surface area contributed by atoms with Gasteiger partial charge < -0.3 is 10.1 Å². The minimum absolute atomic E-state index is 0.247. The van der Waals surface area contributed by atoms with Crippen LogP contribution in [-0.2, 0) is 9.53 Å². The van der Waals surface area contributed by atoms with Gasteiger partial charge in [-0.25, -0.2) is 4.79 Å². The summed E-state index contributed by atoms with van der Waals surface area (Å²) in [5.74, 6) is -0.247. The Morgan fingerprint density at radius 2 is 2.22 bits per heavy atom. The first-order valence-corrected chi connectivity index (χ1v) is 6.62. The van der Waals surface area contributed by atoms with Crippen molar-refractivity contribution in [2.24, 2.45) is 0 Å². The van der Waals surface area contributed by atoms with E-state index >= 15 is 0 Å². The molecule has 1 aromatic rings. The quantitative estimate of drug-likeness (QED) is 0.631. The molecule has 0 saturated heterocycles. The van der Waals surface area contributed by atoms with E-state index in [-0.39, 0.29) is 5.97 Å². The lowest BCUT2D eigenvalue weighted by Gasteiger charge is -2.17. The van der Waals surface area contributed by atoms with Gasteiger partial charge >= 0.3 is 5.97 Å². The fourth-order valence-corrected chi connectivity index (χ4v) is 1.81. The molecule has 0 aromatic heterocycles. The van der Waals surface area contributed by atoms with Crippen LogP contribution in [0.1, 0.15) is 32.3 Å². The summed E-state index contributed by atoms with van der Waals surface area (Å²) in [5.41, 5.74) is 1.80. The standard InChI is InChI=1S/C14H20ClNO2/c1-4-5-9-18-14(17)11(3)16-13-10(2)7-6-8-12(13)15/h6-8,11,16H,4-5,9H2,1-3H3. The zero-order valence-electron chi connectivity index (χ0n) is 11.1. The molecule has 4 heteroatoms. The number of nitrogens with one attached hydrogen (secondary N) is 1. The highest BCUT2D eigenvalue weighted by Crippen LogP contribution is 2.25. The van der Waals surface area contributed by atoms with E-state index in [4.69, 9.17) is 16.3 Å². The van der Waals surface area contributed by atoms with Crippen LogP contribution >= 0.6 is 11.6 Å². The van der Waals surface area contributed by atoms with Gasteiger partial charge in [0.25, 0.3) is 0 Å². The van der Waals surface area contributed by atoms with E-state index < -0.39 is 6.04 Å². The lowest BCUT2D eigenvalue weighted by Crippen LogP contribution is -2.28. The SMILES string of the molecule is CCCCOC(=O)C(C)Nc1c(C)cccc1Cl. The van der Waals surface area contributed by atoms with Crippen molar-refractivity contribution in [3.8, 4) is 0 Å². The first-order valence-electron chi connectivity index (χ1n) is 6.24. The number of anilines is 1. The first kappa shape index (κ1) is 14.8. The number of hydrogen-bond acceptors (Lipinski definition) is 3. The van der Waals surface area contributed by atoms with Crippen LogP contribution in [0.25, 0.3) is 0 Å². The van der Waals surface area contributed by atoms with Crippen molar-refractivity contribution in [2.75, 3.05) is 11.9 Å². The van der Waals surface area contributed by atoms with Crippen molar-refractivity contribution >= 4 is 23.3 Å². The molecule has 0 radical (unpaired) electrons. The van der Waals surface area contributed by atoms with Gasteiger partial charge in [0.05, 0.1) is 17.3 Å². The molecule has 1 N–H and O–H groups in total. The van der Waals surface area contributed by atoms with Crippen molar-refractivity contribution < 1.29 is 9.53 Å². The number of carbonyl (C=O) groups excluding carboxylic acids is 1. The fraction of sp³-hybridized carbons (Fsp3) is 0.500. The molecule has 100 valence electrons. The van der Waals surface area contributed by atoms with Crippen LogP contribution in [0.15, 0.2) is 18.2 Å². The smallest absolute Gasteiger partial charge is 0.328 e. The van der Waals surface area contributed by atoms with Crippen molar-refractivity contribution in [3.63, 3.8) is 0 Å². The van der Waals surface area contributed by atoms with Crippen molar-refractivity contribution in [1.29, 1.82) is 0 Å². The molecular weight excluding hydrogens is 250 g/mol. The number of rotatable bonds is 6. The third-order valence-electron chi connectivity index (χ3n) is 2.68. The largest absolute Gasteiger partial charge is 0.464 e. The molecule has 1 aromatic carbocycles. The van der Waals surface area contributed by atoms with Crippen LogP contribution in [0.4, 0.5) is 5.69 Å². The molecule has 0 fully saturated rings. The van der Waals surface area contributed by atoms with Crippen LogP contribution in [0.5, 0.6) is 0 Å². The number of benzene rings is 1. The Balaban J connectivity index is 2.58. The Labute approximate surface area is 113 Å². The van der Waals surface area contributed by atoms with Gasteiger partial charge in [-0.05, 0) is 31.9 Å². The lowest BCUT2D eigenvalue weighted by molar-refractivity contribution is -0.144. The minimum Gasteiger partial charge on any atom is -0.464 e. The highest BCUT2D eigenvalue weighted by Gasteiger charge is 2.16.